The number of benzene rings is 1. The molecule has 2 aliphatic rings. The van der Waals surface area contributed by atoms with Crippen LogP contribution < -0.4 is 0 Å². The Bertz CT molecular complexity index is 498. The molecule has 0 heterocycles. The SMILES string of the molecule is C=C1Cc2ccccc2CCCC(O)(C2CCCCC2)C1. The second-order valence-electron chi connectivity index (χ2n) is 7.16. The summed E-state index contributed by atoms with van der Waals surface area (Å²) < 4.78 is 0. The van der Waals surface area contributed by atoms with Gasteiger partial charge in [0, 0.05) is 0 Å². The highest BCUT2D eigenvalue weighted by Gasteiger charge is 2.37. The first-order valence-electron chi connectivity index (χ1n) is 8.63. The average Bonchev–Trinajstić information content (AvgIpc) is 2.55. The minimum atomic E-state index is -0.500. The van der Waals surface area contributed by atoms with Crippen LogP contribution in [0.3, 0.4) is 0 Å². The number of aliphatic hydroxyl groups is 1. The Hall–Kier alpha value is -1.08. The normalized spacial score (nSPS) is 28.3. The maximum absolute atomic E-state index is 11.3. The smallest absolute Gasteiger partial charge is 0.0712 e. The number of hydrogen-bond acceptors (Lipinski definition) is 1. The van der Waals surface area contributed by atoms with Crippen molar-refractivity contribution in [2.45, 2.75) is 69.8 Å². The molecule has 1 fully saturated rings. The highest BCUT2D eigenvalue weighted by molar-refractivity contribution is 5.31. The second-order valence-corrected chi connectivity index (χ2v) is 7.16. The zero-order valence-corrected chi connectivity index (χ0v) is 13.1. The van der Waals surface area contributed by atoms with Crippen LogP contribution in [0.25, 0.3) is 0 Å². The lowest BCUT2D eigenvalue weighted by Gasteiger charge is -2.39. The van der Waals surface area contributed by atoms with Crippen LogP contribution >= 0.6 is 0 Å². The van der Waals surface area contributed by atoms with Gasteiger partial charge in [-0.15, -0.1) is 0 Å². The van der Waals surface area contributed by atoms with Gasteiger partial charge in [0.2, 0.25) is 0 Å². The first-order valence-corrected chi connectivity index (χ1v) is 8.63. The molecule has 0 amide bonds. The first kappa shape index (κ1) is 14.8. The quantitative estimate of drug-likeness (QED) is 0.733. The summed E-state index contributed by atoms with van der Waals surface area (Å²) in [6, 6.07) is 8.73. The third kappa shape index (κ3) is 3.40. The number of fused-ring (bicyclic) bond motifs is 1. The van der Waals surface area contributed by atoms with Gasteiger partial charge in [-0.25, -0.2) is 0 Å². The Morgan fingerprint density at radius 2 is 1.71 bits per heavy atom. The molecule has 0 saturated heterocycles. The molecule has 2 aliphatic carbocycles. The summed E-state index contributed by atoms with van der Waals surface area (Å²) in [5, 5.41) is 11.3. The molecule has 0 bridgehead atoms. The predicted octanol–water partition coefficient (Wildman–Crippen LogP) is 4.82. The van der Waals surface area contributed by atoms with Gasteiger partial charge in [0.15, 0.2) is 0 Å². The minimum Gasteiger partial charge on any atom is -0.389 e. The zero-order valence-electron chi connectivity index (χ0n) is 13.1. The number of rotatable bonds is 1. The minimum absolute atomic E-state index is 0.490. The van der Waals surface area contributed by atoms with Crippen LogP contribution in [0.5, 0.6) is 0 Å². The molecule has 1 N–H and O–H groups in total. The molecule has 1 nitrogen and oxygen atoms in total. The molecule has 21 heavy (non-hydrogen) atoms. The maximum atomic E-state index is 11.3. The van der Waals surface area contributed by atoms with Crippen molar-refractivity contribution < 1.29 is 5.11 Å². The molecule has 1 saturated carbocycles. The second kappa shape index (κ2) is 6.36. The molecule has 1 aromatic rings. The van der Waals surface area contributed by atoms with Crippen molar-refractivity contribution in [1.82, 2.24) is 0 Å². The number of aryl methyl sites for hydroxylation is 1. The summed E-state index contributed by atoms with van der Waals surface area (Å²) in [7, 11) is 0. The van der Waals surface area contributed by atoms with E-state index < -0.39 is 5.60 Å². The molecule has 0 aromatic heterocycles. The largest absolute Gasteiger partial charge is 0.389 e. The van der Waals surface area contributed by atoms with Gasteiger partial charge in [-0.2, -0.15) is 0 Å². The highest BCUT2D eigenvalue weighted by Crippen LogP contribution is 2.40. The summed E-state index contributed by atoms with van der Waals surface area (Å²) in [6.45, 7) is 4.29. The van der Waals surface area contributed by atoms with E-state index in [1.807, 2.05) is 0 Å². The molecule has 114 valence electrons. The van der Waals surface area contributed by atoms with Gasteiger partial charge in [0.05, 0.1) is 5.60 Å². The van der Waals surface area contributed by atoms with Crippen molar-refractivity contribution in [3.8, 4) is 0 Å². The summed E-state index contributed by atoms with van der Waals surface area (Å²) in [5.41, 5.74) is 3.57. The monoisotopic (exact) mass is 284 g/mol. The fourth-order valence-corrected chi connectivity index (χ4v) is 4.40. The van der Waals surface area contributed by atoms with E-state index in [1.54, 1.807) is 0 Å². The van der Waals surface area contributed by atoms with Gasteiger partial charge in [-0.3, -0.25) is 0 Å². The standard InChI is InChI=1S/C20H28O/c1-16-14-18-9-6-5-8-17(18)10-7-13-20(21,15-16)19-11-3-2-4-12-19/h5-6,8-9,19,21H,1-4,7,10-15H2. The van der Waals surface area contributed by atoms with Gasteiger partial charge in [0.1, 0.15) is 0 Å². The lowest BCUT2D eigenvalue weighted by molar-refractivity contribution is -0.0410. The van der Waals surface area contributed by atoms with E-state index in [0.717, 1.165) is 32.1 Å². The van der Waals surface area contributed by atoms with Crippen molar-refractivity contribution in [2.75, 3.05) is 0 Å². The van der Waals surface area contributed by atoms with Crippen LogP contribution in [-0.2, 0) is 12.8 Å². The van der Waals surface area contributed by atoms with E-state index in [2.05, 4.69) is 30.8 Å². The van der Waals surface area contributed by atoms with Gasteiger partial charge < -0.3 is 5.11 Å². The average molecular weight is 284 g/mol. The molecule has 0 aliphatic heterocycles. The topological polar surface area (TPSA) is 20.2 Å². The molecule has 1 aromatic carbocycles. The Kier molecular flexibility index (Phi) is 4.49. The van der Waals surface area contributed by atoms with Crippen molar-refractivity contribution in [3.05, 3.63) is 47.5 Å². The van der Waals surface area contributed by atoms with Crippen molar-refractivity contribution in [1.29, 1.82) is 0 Å². The van der Waals surface area contributed by atoms with Crippen LogP contribution in [0, 0.1) is 5.92 Å². The predicted molar refractivity (Wildman–Crippen MR) is 88.4 cm³/mol. The Balaban J connectivity index is 1.79. The highest BCUT2D eigenvalue weighted by atomic mass is 16.3. The first-order chi connectivity index (χ1) is 10.2. The van der Waals surface area contributed by atoms with Crippen molar-refractivity contribution in [3.63, 3.8) is 0 Å². The summed E-state index contributed by atoms with van der Waals surface area (Å²) >= 11 is 0. The van der Waals surface area contributed by atoms with Gasteiger partial charge >= 0.3 is 0 Å². The Morgan fingerprint density at radius 1 is 1.00 bits per heavy atom. The van der Waals surface area contributed by atoms with Gasteiger partial charge in [0.25, 0.3) is 0 Å². The Morgan fingerprint density at radius 3 is 2.48 bits per heavy atom. The lowest BCUT2D eigenvalue weighted by Crippen LogP contribution is -2.39. The fraction of sp³-hybridized carbons (Fsp3) is 0.600. The molecular weight excluding hydrogens is 256 g/mol. The van der Waals surface area contributed by atoms with Crippen molar-refractivity contribution in [2.24, 2.45) is 5.92 Å². The van der Waals surface area contributed by atoms with Crippen LogP contribution in [0.15, 0.2) is 36.4 Å². The summed E-state index contributed by atoms with van der Waals surface area (Å²) in [6.07, 6.45) is 11.2. The van der Waals surface area contributed by atoms with Crippen LogP contribution in [0.1, 0.15) is 62.5 Å². The number of hydrogen-bond donors (Lipinski definition) is 1. The molecule has 1 unspecified atom stereocenters. The summed E-state index contributed by atoms with van der Waals surface area (Å²) in [5.74, 6) is 0.490. The van der Waals surface area contributed by atoms with Crippen LogP contribution in [0.2, 0.25) is 0 Å². The van der Waals surface area contributed by atoms with E-state index in [0.29, 0.717) is 5.92 Å². The molecule has 1 atom stereocenters. The molecule has 1 heteroatoms. The van der Waals surface area contributed by atoms with E-state index in [-0.39, 0.29) is 0 Å². The van der Waals surface area contributed by atoms with Crippen LogP contribution in [0.4, 0.5) is 0 Å². The molecule has 3 rings (SSSR count). The summed E-state index contributed by atoms with van der Waals surface area (Å²) in [4.78, 5) is 0. The van der Waals surface area contributed by atoms with E-state index in [9.17, 15) is 5.11 Å². The van der Waals surface area contributed by atoms with Gasteiger partial charge in [-0.05, 0) is 62.0 Å². The van der Waals surface area contributed by atoms with E-state index in [4.69, 9.17) is 0 Å². The zero-order chi connectivity index (χ0) is 14.7. The van der Waals surface area contributed by atoms with Gasteiger partial charge in [-0.1, -0.05) is 55.7 Å². The fourth-order valence-electron chi connectivity index (χ4n) is 4.40. The maximum Gasteiger partial charge on any atom is 0.0712 e. The van der Waals surface area contributed by atoms with Crippen molar-refractivity contribution >= 4 is 0 Å². The molecular formula is C20H28O. The Labute approximate surface area is 129 Å². The molecule has 0 spiro atoms. The third-order valence-corrected chi connectivity index (χ3v) is 5.54. The van der Waals surface area contributed by atoms with E-state index >= 15 is 0 Å². The molecule has 0 radical (unpaired) electrons. The van der Waals surface area contributed by atoms with E-state index in [1.165, 1.54) is 48.8 Å². The lowest BCUT2D eigenvalue weighted by atomic mass is 9.72. The van der Waals surface area contributed by atoms with Crippen LogP contribution in [-0.4, -0.2) is 10.7 Å². The third-order valence-electron chi connectivity index (χ3n) is 5.54.